The molecule has 7 heteroatoms. The van der Waals surface area contributed by atoms with E-state index in [9.17, 15) is 9.59 Å². The molecular formula is C22H24ClN4O2+. The predicted octanol–water partition coefficient (Wildman–Crippen LogP) is 1.74. The average Bonchev–Trinajstić information content (AvgIpc) is 3.26. The highest BCUT2D eigenvalue weighted by Gasteiger charge is 2.29. The molecule has 6 nitrogen and oxygen atoms in total. The van der Waals surface area contributed by atoms with Crippen molar-refractivity contribution >= 4 is 28.3 Å². The molecule has 2 N–H and O–H groups in total. The minimum absolute atomic E-state index is 0.0777. The molecule has 0 aliphatic carbocycles. The summed E-state index contributed by atoms with van der Waals surface area (Å²) in [6.07, 6.45) is 2.36. The van der Waals surface area contributed by atoms with Gasteiger partial charge < -0.3 is 10.2 Å². The number of aryl methyl sites for hydroxylation is 1. The standard InChI is InChI=1S/C22H23ClN4O2/c1-26-22(29)16-9-3-2-8-15(16)20(25-26)21(28)24-14-19(27-12-6-7-13-27)17-10-4-5-11-18(17)23/h2-5,8-11,19H,6-7,12-14H2,1H3,(H,24,28)/p+1/t19-/m1/s1. The van der Waals surface area contributed by atoms with Gasteiger partial charge in [-0.3, -0.25) is 9.59 Å². The fourth-order valence-electron chi connectivity index (χ4n) is 4.16. The first kappa shape index (κ1) is 19.6. The number of amides is 1. The van der Waals surface area contributed by atoms with Crippen molar-refractivity contribution in [3.63, 3.8) is 0 Å². The zero-order chi connectivity index (χ0) is 20.4. The lowest BCUT2D eigenvalue weighted by Crippen LogP contribution is -3.11. The number of quaternary nitrogens is 1. The van der Waals surface area contributed by atoms with Gasteiger partial charge in [-0.25, -0.2) is 4.68 Å². The molecule has 150 valence electrons. The number of carbonyl (C=O) groups excluding carboxylic acids is 1. The zero-order valence-corrected chi connectivity index (χ0v) is 17.1. The fourth-order valence-corrected chi connectivity index (χ4v) is 4.42. The van der Waals surface area contributed by atoms with Crippen LogP contribution in [0.1, 0.15) is 34.9 Å². The van der Waals surface area contributed by atoms with Gasteiger partial charge in [0.05, 0.1) is 25.0 Å². The first-order valence-corrected chi connectivity index (χ1v) is 10.3. The van der Waals surface area contributed by atoms with Gasteiger partial charge in [-0.1, -0.05) is 48.0 Å². The molecule has 4 rings (SSSR count). The molecule has 0 bridgehead atoms. The van der Waals surface area contributed by atoms with E-state index in [-0.39, 0.29) is 23.2 Å². The molecule has 3 aromatic rings. The second kappa shape index (κ2) is 8.35. The molecule has 0 unspecified atom stereocenters. The van der Waals surface area contributed by atoms with E-state index in [0.717, 1.165) is 23.7 Å². The number of fused-ring (bicyclic) bond motifs is 1. The maximum absolute atomic E-state index is 13.0. The Kier molecular flexibility index (Phi) is 5.65. The number of benzene rings is 2. The van der Waals surface area contributed by atoms with Crippen molar-refractivity contribution < 1.29 is 9.69 Å². The van der Waals surface area contributed by atoms with Gasteiger partial charge in [-0.2, -0.15) is 5.10 Å². The highest BCUT2D eigenvalue weighted by molar-refractivity contribution is 6.31. The zero-order valence-electron chi connectivity index (χ0n) is 16.3. The van der Waals surface area contributed by atoms with E-state index in [0.29, 0.717) is 17.3 Å². The first-order valence-electron chi connectivity index (χ1n) is 9.89. The average molecular weight is 412 g/mol. The largest absolute Gasteiger partial charge is 0.344 e. The Morgan fingerprint density at radius 3 is 2.52 bits per heavy atom. The minimum Gasteiger partial charge on any atom is -0.344 e. The third-order valence-electron chi connectivity index (χ3n) is 5.66. The summed E-state index contributed by atoms with van der Waals surface area (Å²) in [5.74, 6) is -0.285. The predicted molar refractivity (Wildman–Crippen MR) is 113 cm³/mol. The number of nitrogens with zero attached hydrogens (tertiary/aromatic N) is 2. The molecule has 2 heterocycles. The summed E-state index contributed by atoms with van der Waals surface area (Å²) in [6, 6.07) is 15.0. The number of aromatic nitrogens is 2. The molecule has 0 saturated carbocycles. The van der Waals surface area contributed by atoms with Crippen molar-refractivity contribution in [3.05, 3.63) is 75.2 Å². The van der Waals surface area contributed by atoms with E-state index in [1.54, 1.807) is 31.3 Å². The van der Waals surface area contributed by atoms with Gasteiger partial charge >= 0.3 is 0 Å². The number of halogens is 1. The second-order valence-electron chi connectivity index (χ2n) is 7.47. The third kappa shape index (κ3) is 3.91. The van der Waals surface area contributed by atoms with E-state index in [1.807, 2.05) is 24.3 Å². The number of hydrogen-bond acceptors (Lipinski definition) is 3. The van der Waals surface area contributed by atoms with Crippen molar-refractivity contribution in [1.82, 2.24) is 15.1 Å². The smallest absolute Gasteiger partial charge is 0.274 e. The molecule has 29 heavy (non-hydrogen) atoms. The molecule has 1 aliphatic heterocycles. The van der Waals surface area contributed by atoms with Crippen LogP contribution in [0.15, 0.2) is 53.3 Å². The monoisotopic (exact) mass is 411 g/mol. The van der Waals surface area contributed by atoms with Crippen LogP contribution in [0.25, 0.3) is 10.8 Å². The van der Waals surface area contributed by atoms with Gasteiger partial charge in [-0.05, 0) is 12.1 Å². The van der Waals surface area contributed by atoms with Gasteiger partial charge in [0.15, 0.2) is 5.69 Å². The molecule has 0 radical (unpaired) electrons. The van der Waals surface area contributed by atoms with Crippen molar-refractivity contribution in [2.75, 3.05) is 19.6 Å². The van der Waals surface area contributed by atoms with Crippen LogP contribution in [0.2, 0.25) is 5.02 Å². The van der Waals surface area contributed by atoms with Crippen LogP contribution in [0.3, 0.4) is 0 Å². The topological polar surface area (TPSA) is 68.4 Å². The van der Waals surface area contributed by atoms with Crippen LogP contribution < -0.4 is 15.8 Å². The van der Waals surface area contributed by atoms with Crippen molar-refractivity contribution in [3.8, 4) is 0 Å². The Balaban J connectivity index is 1.62. The Bertz CT molecular complexity index is 1110. The Morgan fingerprint density at radius 2 is 1.79 bits per heavy atom. The van der Waals surface area contributed by atoms with E-state index in [1.165, 1.54) is 22.4 Å². The molecule has 1 saturated heterocycles. The van der Waals surface area contributed by atoms with Crippen LogP contribution in [0.4, 0.5) is 0 Å². The van der Waals surface area contributed by atoms with E-state index in [4.69, 9.17) is 11.6 Å². The van der Waals surface area contributed by atoms with Gasteiger partial charge in [0.1, 0.15) is 6.04 Å². The molecule has 2 aromatic carbocycles. The number of nitrogens with one attached hydrogen (secondary N) is 2. The van der Waals surface area contributed by atoms with Crippen molar-refractivity contribution in [2.24, 2.45) is 7.05 Å². The van der Waals surface area contributed by atoms with E-state index < -0.39 is 0 Å². The molecule has 0 spiro atoms. The number of rotatable bonds is 5. The highest BCUT2D eigenvalue weighted by Crippen LogP contribution is 2.21. The molecule has 1 aliphatic rings. The van der Waals surface area contributed by atoms with E-state index >= 15 is 0 Å². The Hall–Kier alpha value is -2.70. The van der Waals surface area contributed by atoms with Crippen LogP contribution in [0, 0.1) is 0 Å². The summed E-state index contributed by atoms with van der Waals surface area (Å²) in [5, 5.41) is 9.04. The van der Waals surface area contributed by atoms with Crippen LogP contribution in [-0.4, -0.2) is 35.3 Å². The summed E-state index contributed by atoms with van der Waals surface area (Å²) in [7, 11) is 1.56. The van der Waals surface area contributed by atoms with Crippen molar-refractivity contribution in [1.29, 1.82) is 0 Å². The SMILES string of the molecule is Cn1nc(C(=O)NC[C@H](c2ccccc2Cl)[NH+]2CCCC2)c2ccccc2c1=O. The summed E-state index contributed by atoms with van der Waals surface area (Å²) in [4.78, 5) is 26.8. The number of hydrogen-bond donors (Lipinski definition) is 2. The quantitative estimate of drug-likeness (QED) is 0.672. The Morgan fingerprint density at radius 1 is 1.14 bits per heavy atom. The third-order valence-corrected chi connectivity index (χ3v) is 6.00. The summed E-state index contributed by atoms with van der Waals surface area (Å²) in [5.41, 5.74) is 1.09. The lowest BCUT2D eigenvalue weighted by atomic mass is 10.0. The summed E-state index contributed by atoms with van der Waals surface area (Å²) in [6.45, 7) is 2.58. The van der Waals surface area contributed by atoms with Crippen LogP contribution in [0.5, 0.6) is 0 Å². The maximum atomic E-state index is 13.0. The lowest BCUT2D eigenvalue weighted by Gasteiger charge is -2.26. The highest BCUT2D eigenvalue weighted by atomic mass is 35.5. The van der Waals surface area contributed by atoms with E-state index in [2.05, 4.69) is 10.4 Å². The maximum Gasteiger partial charge on any atom is 0.274 e. The molecular weight excluding hydrogens is 388 g/mol. The second-order valence-corrected chi connectivity index (χ2v) is 7.88. The number of carbonyl (C=O) groups is 1. The summed E-state index contributed by atoms with van der Waals surface area (Å²) >= 11 is 6.47. The van der Waals surface area contributed by atoms with Crippen molar-refractivity contribution in [2.45, 2.75) is 18.9 Å². The van der Waals surface area contributed by atoms with Gasteiger partial charge in [-0.15, -0.1) is 0 Å². The fraction of sp³-hybridized carbons (Fsp3) is 0.318. The Labute approximate surface area is 174 Å². The number of likely N-dealkylation sites (tertiary alicyclic amines) is 1. The van der Waals surface area contributed by atoms with Crippen LogP contribution in [-0.2, 0) is 7.05 Å². The van der Waals surface area contributed by atoms with Gasteiger partial charge in [0, 0.05) is 35.9 Å². The molecule has 1 aromatic heterocycles. The lowest BCUT2D eigenvalue weighted by molar-refractivity contribution is -0.918. The van der Waals surface area contributed by atoms with Crippen LogP contribution >= 0.6 is 11.6 Å². The van der Waals surface area contributed by atoms with Gasteiger partial charge in [0.2, 0.25) is 0 Å². The minimum atomic E-state index is -0.285. The van der Waals surface area contributed by atoms with Gasteiger partial charge in [0.25, 0.3) is 11.5 Å². The molecule has 1 atom stereocenters. The normalized spacial score (nSPS) is 15.5. The molecule has 1 amide bonds. The first-order chi connectivity index (χ1) is 14.1. The summed E-state index contributed by atoms with van der Waals surface area (Å²) < 4.78 is 1.22. The molecule has 1 fully saturated rings.